The van der Waals surface area contributed by atoms with E-state index in [9.17, 15) is 4.79 Å². The van der Waals surface area contributed by atoms with E-state index in [0.717, 1.165) is 6.42 Å². The van der Waals surface area contributed by atoms with Crippen LogP contribution in [0.15, 0.2) is 24.3 Å². The second-order valence-corrected chi connectivity index (χ2v) is 9.69. The van der Waals surface area contributed by atoms with Crippen LogP contribution in [0.25, 0.3) is 0 Å². The largest absolute Gasteiger partial charge is 0.478 e. The molecule has 0 atom stereocenters. The number of carboxylic acids is 1. The normalized spacial score (nSPS) is 11.8. The third-order valence-electron chi connectivity index (χ3n) is 6.46. The summed E-state index contributed by atoms with van der Waals surface area (Å²) in [6.07, 6.45) is 40.4. The molecular formula is C30H56O2. The van der Waals surface area contributed by atoms with Crippen molar-refractivity contribution in [2.75, 3.05) is 0 Å². The first-order valence-electron chi connectivity index (χ1n) is 14.3. The molecule has 0 fully saturated rings. The number of allylic oxidation sites excluding steroid dienone is 3. The molecule has 0 heterocycles. The van der Waals surface area contributed by atoms with Crippen LogP contribution >= 0.6 is 0 Å². The van der Waals surface area contributed by atoms with Gasteiger partial charge in [-0.25, -0.2) is 4.79 Å². The van der Waals surface area contributed by atoms with Crippen LogP contribution in [0.5, 0.6) is 0 Å². The first kappa shape index (κ1) is 30.9. The zero-order valence-electron chi connectivity index (χ0n) is 21.6. The second-order valence-electron chi connectivity index (χ2n) is 9.69. The molecule has 0 rings (SSSR count). The molecule has 0 aliphatic carbocycles. The van der Waals surface area contributed by atoms with Crippen molar-refractivity contribution < 1.29 is 9.90 Å². The Labute approximate surface area is 201 Å². The molecular weight excluding hydrogens is 392 g/mol. The van der Waals surface area contributed by atoms with Crippen LogP contribution in [0.2, 0.25) is 0 Å². The molecule has 0 amide bonds. The van der Waals surface area contributed by atoms with Gasteiger partial charge in [0.2, 0.25) is 0 Å². The summed E-state index contributed by atoms with van der Waals surface area (Å²) in [5.41, 5.74) is 0. The highest BCUT2D eigenvalue weighted by Crippen LogP contribution is 2.15. The molecule has 0 bridgehead atoms. The lowest BCUT2D eigenvalue weighted by atomic mass is 10.0. The van der Waals surface area contributed by atoms with Crippen molar-refractivity contribution in [1.82, 2.24) is 0 Å². The summed E-state index contributed by atoms with van der Waals surface area (Å²) in [6, 6.07) is 0. The summed E-state index contributed by atoms with van der Waals surface area (Å²) in [6.45, 7) is 2.29. The van der Waals surface area contributed by atoms with Crippen molar-refractivity contribution in [2.45, 2.75) is 161 Å². The zero-order valence-corrected chi connectivity index (χ0v) is 21.6. The smallest absolute Gasteiger partial charge is 0.328 e. The average molecular weight is 449 g/mol. The Morgan fingerprint density at radius 3 is 1.12 bits per heavy atom. The van der Waals surface area contributed by atoms with Gasteiger partial charge in [0.05, 0.1) is 0 Å². The van der Waals surface area contributed by atoms with Crippen LogP contribution in [0.4, 0.5) is 0 Å². The summed E-state index contributed by atoms with van der Waals surface area (Å²) < 4.78 is 0. The van der Waals surface area contributed by atoms with Gasteiger partial charge in [0, 0.05) is 6.08 Å². The van der Waals surface area contributed by atoms with Crippen molar-refractivity contribution in [3.8, 4) is 0 Å². The van der Waals surface area contributed by atoms with Gasteiger partial charge in [0.1, 0.15) is 0 Å². The highest BCUT2D eigenvalue weighted by molar-refractivity contribution is 5.80. The fraction of sp³-hybridized carbons (Fsp3) is 0.833. The second kappa shape index (κ2) is 28.0. The first-order chi connectivity index (χ1) is 15.8. The van der Waals surface area contributed by atoms with E-state index in [1.165, 1.54) is 154 Å². The van der Waals surface area contributed by atoms with E-state index >= 15 is 0 Å². The number of carboxylic acid groups (broad SMARTS) is 1. The highest BCUT2D eigenvalue weighted by atomic mass is 16.4. The predicted molar refractivity (Wildman–Crippen MR) is 142 cm³/mol. The minimum absolute atomic E-state index is 0.880. The molecule has 0 aromatic rings. The van der Waals surface area contributed by atoms with Crippen molar-refractivity contribution >= 4 is 5.97 Å². The van der Waals surface area contributed by atoms with E-state index in [4.69, 9.17) is 5.11 Å². The average Bonchev–Trinajstić information content (AvgIpc) is 2.78. The molecule has 0 aliphatic rings. The number of unbranched alkanes of at least 4 members (excludes halogenated alkanes) is 23. The summed E-state index contributed by atoms with van der Waals surface area (Å²) >= 11 is 0. The maximum atomic E-state index is 10.3. The minimum Gasteiger partial charge on any atom is -0.478 e. The van der Waals surface area contributed by atoms with Crippen molar-refractivity contribution in [3.63, 3.8) is 0 Å². The van der Waals surface area contributed by atoms with E-state index < -0.39 is 5.97 Å². The number of aliphatic carboxylic acids is 1. The maximum Gasteiger partial charge on any atom is 0.328 e. The van der Waals surface area contributed by atoms with E-state index in [0.29, 0.717) is 0 Å². The molecule has 0 unspecified atom stereocenters. The summed E-state index contributed by atoms with van der Waals surface area (Å²) in [7, 11) is 0. The lowest BCUT2D eigenvalue weighted by molar-refractivity contribution is -0.131. The molecule has 0 radical (unpaired) electrons. The molecule has 0 spiro atoms. The fourth-order valence-corrected chi connectivity index (χ4v) is 4.36. The monoisotopic (exact) mass is 448 g/mol. The third-order valence-corrected chi connectivity index (χ3v) is 6.46. The highest BCUT2D eigenvalue weighted by Gasteiger charge is 1.96. The molecule has 0 saturated carbocycles. The van der Waals surface area contributed by atoms with Gasteiger partial charge in [-0.1, -0.05) is 166 Å². The SMILES string of the molecule is CCCCCCCCCCCCCCCCCCCCCCCCCC=CC=CC(=O)O. The van der Waals surface area contributed by atoms with Gasteiger partial charge < -0.3 is 5.11 Å². The molecule has 0 aromatic heterocycles. The molecule has 0 aromatic carbocycles. The number of rotatable bonds is 26. The standard InChI is InChI=1S/C30H56O2/c1-2-3-4-5-6-7-8-9-10-11-12-13-14-15-16-17-18-19-20-21-22-23-24-25-26-27-28-29-30(31)32/h26-29H,2-25H2,1H3,(H,31,32). The lowest BCUT2D eigenvalue weighted by Gasteiger charge is -2.04. The lowest BCUT2D eigenvalue weighted by Crippen LogP contribution is -1.84. The van der Waals surface area contributed by atoms with Gasteiger partial charge in [0.15, 0.2) is 0 Å². The Morgan fingerprint density at radius 1 is 0.500 bits per heavy atom. The quantitative estimate of drug-likeness (QED) is 0.0811. The number of hydrogen-bond donors (Lipinski definition) is 1. The van der Waals surface area contributed by atoms with E-state index in [2.05, 4.69) is 13.0 Å². The molecule has 2 nitrogen and oxygen atoms in total. The topological polar surface area (TPSA) is 37.3 Å². The van der Waals surface area contributed by atoms with Crippen LogP contribution in [-0.4, -0.2) is 11.1 Å². The number of hydrogen-bond acceptors (Lipinski definition) is 1. The van der Waals surface area contributed by atoms with Crippen LogP contribution in [-0.2, 0) is 4.79 Å². The van der Waals surface area contributed by atoms with Crippen LogP contribution in [0, 0.1) is 0 Å². The minimum atomic E-state index is -0.880. The maximum absolute atomic E-state index is 10.3. The Hall–Kier alpha value is -1.05. The van der Waals surface area contributed by atoms with Gasteiger partial charge in [-0.05, 0) is 12.8 Å². The Bertz CT molecular complexity index is 425. The molecule has 188 valence electrons. The van der Waals surface area contributed by atoms with Gasteiger partial charge in [0.25, 0.3) is 0 Å². The van der Waals surface area contributed by atoms with Crippen molar-refractivity contribution in [3.05, 3.63) is 24.3 Å². The molecule has 0 aliphatic heterocycles. The van der Waals surface area contributed by atoms with Gasteiger partial charge >= 0.3 is 5.97 Å². The van der Waals surface area contributed by atoms with E-state index in [1.54, 1.807) is 6.08 Å². The number of carbonyl (C=O) groups is 1. The molecule has 32 heavy (non-hydrogen) atoms. The van der Waals surface area contributed by atoms with Gasteiger partial charge in [-0.2, -0.15) is 0 Å². The zero-order chi connectivity index (χ0) is 23.4. The van der Waals surface area contributed by atoms with E-state index in [1.807, 2.05) is 6.08 Å². The van der Waals surface area contributed by atoms with Crippen LogP contribution in [0.1, 0.15) is 161 Å². The third kappa shape index (κ3) is 28.9. The van der Waals surface area contributed by atoms with Crippen molar-refractivity contribution in [1.29, 1.82) is 0 Å². The van der Waals surface area contributed by atoms with Crippen LogP contribution in [0.3, 0.4) is 0 Å². The summed E-state index contributed by atoms with van der Waals surface area (Å²) in [4.78, 5) is 10.3. The van der Waals surface area contributed by atoms with Crippen LogP contribution < -0.4 is 0 Å². The Kier molecular flexibility index (Phi) is 27.1. The van der Waals surface area contributed by atoms with Gasteiger partial charge in [-0.15, -0.1) is 0 Å². The fourth-order valence-electron chi connectivity index (χ4n) is 4.36. The first-order valence-corrected chi connectivity index (χ1v) is 14.3. The molecule has 0 saturated heterocycles. The predicted octanol–water partition coefficient (Wildman–Crippen LogP) is 10.6. The summed E-state index contributed by atoms with van der Waals surface area (Å²) in [5, 5.41) is 8.49. The Balaban J connectivity index is 3.07. The van der Waals surface area contributed by atoms with Gasteiger partial charge in [-0.3, -0.25) is 0 Å². The summed E-state index contributed by atoms with van der Waals surface area (Å²) in [5.74, 6) is -0.880. The molecule has 1 N–H and O–H groups in total. The van der Waals surface area contributed by atoms with E-state index in [-0.39, 0.29) is 0 Å². The van der Waals surface area contributed by atoms with Crippen molar-refractivity contribution in [2.24, 2.45) is 0 Å². The Morgan fingerprint density at radius 2 is 0.812 bits per heavy atom. The molecule has 2 heteroatoms.